The van der Waals surface area contributed by atoms with Crippen LogP contribution in [0.15, 0.2) is 30.3 Å². The van der Waals surface area contributed by atoms with Gasteiger partial charge in [-0.05, 0) is 22.6 Å². The number of hydrogen-bond acceptors (Lipinski definition) is 3. The van der Waals surface area contributed by atoms with E-state index in [4.69, 9.17) is 12.2 Å². The minimum absolute atomic E-state index is 0.0279. The average molecular weight is 305 g/mol. The van der Waals surface area contributed by atoms with E-state index < -0.39 is 0 Å². The van der Waals surface area contributed by atoms with Crippen LogP contribution in [0.3, 0.4) is 0 Å². The molecule has 1 heterocycles. The molecule has 20 heavy (non-hydrogen) atoms. The molecule has 1 aromatic carbocycles. The van der Waals surface area contributed by atoms with Gasteiger partial charge in [-0.2, -0.15) is 0 Å². The van der Waals surface area contributed by atoms with Gasteiger partial charge in [0, 0.05) is 18.4 Å². The summed E-state index contributed by atoms with van der Waals surface area (Å²) in [6.45, 7) is 7.28. The van der Waals surface area contributed by atoms with Crippen LogP contribution in [0.25, 0.3) is 6.08 Å². The van der Waals surface area contributed by atoms with Gasteiger partial charge in [-0.25, -0.2) is 0 Å². The number of nitrogens with zero attached hydrogens (tertiary/aromatic N) is 1. The van der Waals surface area contributed by atoms with Gasteiger partial charge < -0.3 is 0 Å². The first-order chi connectivity index (χ1) is 9.38. The highest BCUT2D eigenvalue weighted by atomic mass is 32.2. The highest BCUT2D eigenvalue weighted by Crippen LogP contribution is 2.22. The molecule has 2 rings (SSSR count). The van der Waals surface area contributed by atoms with Crippen LogP contribution >= 0.6 is 24.0 Å². The monoisotopic (exact) mass is 305 g/mol. The summed E-state index contributed by atoms with van der Waals surface area (Å²) in [5.41, 5.74) is 2.47. The van der Waals surface area contributed by atoms with Gasteiger partial charge in [-0.15, -0.1) is 0 Å². The lowest BCUT2D eigenvalue weighted by Crippen LogP contribution is -2.28. The second kappa shape index (κ2) is 6.10. The lowest BCUT2D eigenvalue weighted by atomic mass is 9.87. The number of thiocarbonyl (C=S) groups is 1. The van der Waals surface area contributed by atoms with Crippen LogP contribution in [0.1, 0.15) is 31.9 Å². The van der Waals surface area contributed by atoms with Gasteiger partial charge in [0.2, 0.25) is 0 Å². The van der Waals surface area contributed by atoms with Crippen molar-refractivity contribution in [3.05, 3.63) is 41.5 Å². The molecule has 1 aliphatic rings. The van der Waals surface area contributed by atoms with E-state index in [0.29, 0.717) is 4.32 Å². The summed E-state index contributed by atoms with van der Waals surface area (Å²) in [5.74, 6) is 0.874. The maximum atomic E-state index is 12.0. The molecular weight excluding hydrogens is 286 g/mol. The molecule has 0 bridgehead atoms. The van der Waals surface area contributed by atoms with Gasteiger partial charge >= 0.3 is 0 Å². The van der Waals surface area contributed by atoms with E-state index in [2.05, 4.69) is 32.9 Å². The van der Waals surface area contributed by atoms with Crippen LogP contribution in [0.2, 0.25) is 0 Å². The number of amides is 1. The van der Waals surface area contributed by atoms with Crippen LogP contribution in [0.5, 0.6) is 0 Å². The predicted molar refractivity (Wildman–Crippen MR) is 90.9 cm³/mol. The quantitative estimate of drug-likeness (QED) is 0.611. The van der Waals surface area contributed by atoms with Crippen LogP contribution < -0.4 is 0 Å². The fraction of sp³-hybridized carbons (Fsp3) is 0.375. The molecular formula is C16H19NOS2. The maximum Gasteiger partial charge on any atom is 0.252 e. The molecule has 0 unspecified atom stereocenters. The molecule has 2 nitrogen and oxygen atoms in total. The van der Waals surface area contributed by atoms with Crippen molar-refractivity contribution in [1.82, 2.24) is 4.90 Å². The molecule has 0 radical (unpaired) electrons. The standard InChI is InChI=1S/C16H19NOS2/c1-16(2,3)13-7-4-12(5-8-13)6-9-14(18)17-10-11-20-15(17)19/h4-9H,10-11H2,1-3H3/b9-6+. The van der Waals surface area contributed by atoms with Gasteiger partial charge in [0.15, 0.2) is 0 Å². The Bertz CT molecular complexity index is 541. The number of benzene rings is 1. The Hall–Kier alpha value is -1.13. The Morgan fingerprint density at radius 1 is 1.30 bits per heavy atom. The summed E-state index contributed by atoms with van der Waals surface area (Å²) in [6, 6.07) is 8.31. The second-order valence-corrected chi connectivity index (χ2v) is 7.54. The predicted octanol–water partition coefficient (Wildman–Crippen LogP) is 3.86. The van der Waals surface area contributed by atoms with E-state index in [0.717, 1.165) is 17.9 Å². The number of thioether (sulfide) groups is 1. The summed E-state index contributed by atoms with van der Waals surface area (Å²) in [7, 11) is 0. The fourth-order valence-electron chi connectivity index (χ4n) is 1.95. The Morgan fingerprint density at radius 2 is 1.95 bits per heavy atom. The molecule has 0 N–H and O–H groups in total. The molecule has 0 atom stereocenters. The first-order valence-corrected chi connectivity index (χ1v) is 8.04. The topological polar surface area (TPSA) is 20.3 Å². The molecule has 1 aromatic rings. The van der Waals surface area contributed by atoms with Crippen molar-refractivity contribution in [3.8, 4) is 0 Å². The SMILES string of the molecule is CC(C)(C)c1ccc(/C=C/C(=O)N2CCSC2=S)cc1. The van der Waals surface area contributed by atoms with E-state index in [9.17, 15) is 4.79 Å². The summed E-state index contributed by atoms with van der Waals surface area (Å²) < 4.78 is 0.683. The number of rotatable bonds is 2. The molecule has 4 heteroatoms. The van der Waals surface area contributed by atoms with Gasteiger partial charge in [-0.1, -0.05) is 69.0 Å². The largest absolute Gasteiger partial charge is 0.293 e. The van der Waals surface area contributed by atoms with Gasteiger partial charge in [0.25, 0.3) is 5.91 Å². The number of hydrogen-bond donors (Lipinski definition) is 0. The Morgan fingerprint density at radius 3 is 2.45 bits per heavy atom. The van der Waals surface area contributed by atoms with E-state index in [1.807, 2.05) is 18.2 Å². The van der Waals surface area contributed by atoms with Crippen LogP contribution in [0, 0.1) is 0 Å². The van der Waals surface area contributed by atoms with Crippen molar-refractivity contribution in [2.24, 2.45) is 0 Å². The van der Waals surface area contributed by atoms with E-state index in [1.165, 1.54) is 5.56 Å². The highest BCUT2D eigenvalue weighted by molar-refractivity contribution is 8.23. The van der Waals surface area contributed by atoms with Crippen molar-refractivity contribution in [3.63, 3.8) is 0 Å². The second-order valence-electron chi connectivity index (χ2n) is 5.81. The van der Waals surface area contributed by atoms with Crippen LogP contribution in [0.4, 0.5) is 0 Å². The zero-order valence-corrected chi connectivity index (χ0v) is 13.7. The minimum atomic E-state index is -0.0279. The average Bonchev–Trinajstić information content (AvgIpc) is 2.82. The summed E-state index contributed by atoms with van der Waals surface area (Å²) >= 11 is 6.70. The number of carbonyl (C=O) groups excluding carboxylic acids is 1. The first-order valence-electron chi connectivity index (χ1n) is 6.65. The maximum absolute atomic E-state index is 12.0. The normalized spacial score (nSPS) is 16.1. The van der Waals surface area contributed by atoms with Gasteiger partial charge in [0.05, 0.1) is 0 Å². The van der Waals surface area contributed by atoms with Crippen molar-refractivity contribution in [1.29, 1.82) is 0 Å². The Kier molecular flexibility index (Phi) is 4.66. The third-order valence-corrected chi connectivity index (χ3v) is 4.65. The molecule has 0 aromatic heterocycles. The molecule has 0 aliphatic carbocycles. The zero-order chi connectivity index (χ0) is 14.8. The van der Waals surface area contributed by atoms with E-state index >= 15 is 0 Å². The summed E-state index contributed by atoms with van der Waals surface area (Å²) in [4.78, 5) is 13.6. The lowest BCUT2D eigenvalue weighted by Gasteiger charge is -2.18. The molecule has 0 saturated carbocycles. The van der Waals surface area contributed by atoms with Crippen molar-refractivity contribution < 1.29 is 4.79 Å². The lowest BCUT2D eigenvalue weighted by molar-refractivity contribution is -0.121. The molecule has 1 amide bonds. The summed E-state index contributed by atoms with van der Waals surface area (Å²) in [6.07, 6.45) is 3.45. The smallest absolute Gasteiger partial charge is 0.252 e. The first kappa shape index (κ1) is 15.3. The van der Waals surface area contributed by atoms with Crippen molar-refractivity contribution in [2.75, 3.05) is 12.3 Å². The minimum Gasteiger partial charge on any atom is -0.293 e. The molecule has 106 valence electrons. The van der Waals surface area contributed by atoms with Crippen molar-refractivity contribution in [2.45, 2.75) is 26.2 Å². The Labute approximate surface area is 130 Å². The number of carbonyl (C=O) groups is 1. The fourth-order valence-corrected chi connectivity index (χ4v) is 3.16. The van der Waals surface area contributed by atoms with Crippen molar-refractivity contribution >= 4 is 40.3 Å². The summed E-state index contributed by atoms with van der Waals surface area (Å²) in [5, 5.41) is 0. The third kappa shape index (κ3) is 3.70. The van der Waals surface area contributed by atoms with Gasteiger partial charge in [-0.3, -0.25) is 9.69 Å². The van der Waals surface area contributed by atoms with E-state index in [1.54, 1.807) is 22.7 Å². The van der Waals surface area contributed by atoms with Gasteiger partial charge in [0.1, 0.15) is 4.32 Å². The Balaban J connectivity index is 2.04. The highest BCUT2D eigenvalue weighted by Gasteiger charge is 2.21. The molecule has 0 spiro atoms. The van der Waals surface area contributed by atoms with Crippen LogP contribution in [-0.2, 0) is 10.2 Å². The molecule has 1 aliphatic heterocycles. The van der Waals surface area contributed by atoms with Crippen LogP contribution in [-0.4, -0.2) is 27.4 Å². The molecule has 1 saturated heterocycles. The third-order valence-electron chi connectivity index (χ3n) is 3.22. The van der Waals surface area contributed by atoms with E-state index in [-0.39, 0.29) is 11.3 Å². The zero-order valence-electron chi connectivity index (χ0n) is 12.1. The molecule has 1 fully saturated rings.